The van der Waals surface area contributed by atoms with E-state index in [1.54, 1.807) is 0 Å². The molecule has 0 bridgehead atoms. The molecule has 0 saturated carbocycles. The third kappa shape index (κ3) is 7.95. The summed E-state index contributed by atoms with van der Waals surface area (Å²) in [4.78, 5) is 30.5. The van der Waals surface area contributed by atoms with Gasteiger partial charge in [0.25, 0.3) is 0 Å². The number of nitriles is 1. The van der Waals surface area contributed by atoms with Crippen molar-refractivity contribution < 1.29 is 57.2 Å². The Kier molecular flexibility index (Phi) is 11.1. The van der Waals surface area contributed by atoms with Gasteiger partial charge < -0.3 is 20.4 Å². The molecule has 16 heavy (non-hydrogen) atoms. The van der Waals surface area contributed by atoms with Crippen LogP contribution < -0.4 is 0 Å². The number of carbonyl (C=O) groups is 3. The van der Waals surface area contributed by atoms with E-state index in [4.69, 9.17) is 25.7 Å². The Labute approximate surface area is 106 Å². The standard InChI is InChI=1S/C6H8O7.CHN.Au/c7-3(8)1-6(13,5(11)12)2-4(9)10;1-2;/h13H,1-2H2,(H,7,8)(H,9,10)(H,11,12);1H;. The Balaban J connectivity index is -0.000000529. The number of carboxylic acid groups (broad SMARTS) is 3. The molecular weight excluding hydrogens is 407 g/mol. The fourth-order valence-corrected chi connectivity index (χ4v) is 0.714. The molecular formula is C7H9AuNO7. The van der Waals surface area contributed by atoms with E-state index in [-0.39, 0.29) is 22.4 Å². The Bertz CT molecular complexity index is 272. The maximum Gasteiger partial charge on any atom is 0.336 e. The number of aliphatic carboxylic acids is 3. The molecule has 0 spiro atoms. The second kappa shape index (κ2) is 8.87. The number of carboxylic acids is 3. The normalized spacial score (nSPS) is 8.94. The van der Waals surface area contributed by atoms with Gasteiger partial charge in [0.05, 0.1) is 12.8 Å². The molecule has 0 aliphatic heterocycles. The molecule has 4 N–H and O–H groups in total. The van der Waals surface area contributed by atoms with Crippen LogP contribution in [0.15, 0.2) is 0 Å². The molecule has 0 aromatic rings. The average Bonchev–Trinajstić information content (AvgIpc) is 2.04. The van der Waals surface area contributed by atoms with E-state index in [1.165, 1.54) is 0 Å². The minimum Gasteiger partial charge on any atom is -0.481 e. The zero-order valence-electron chi connectivity index (χ0n) is 7.75. The maximum atomic E-state index is 10.3. The molecule has 0 aromatic carbocycles. The Morgan fingerprint density at radius 1 is 1.00 bits per heavy atom. The van der Waals surface area contributed by atoms with Crippen molar-refractivity contribution in [2.45, 2.75) is 18.4 Å². The first-order valence-electron chi connectivity index (χ1n) is 3.43. The molecule has 0 saturated heterocycles. The van der Waals surface area contributed by atoms with Gasteiger partial charge in [-0.25, -0.2) is 10.1 Å². The average molecular weight is 416 g/mol. The van der Waals surface area contributed by atoms with Crippen molar-refractivity contribution in [1.29, 1.82) is 5.26 Å². The topological polar surface area (TPSA) is 156 Å². The molecule has 9 heteroatoms. The number of hydrogen-bond donors (Lipinski definition) is 4. The largest absolute Gasteiger partial charge is 0.481 e. The van der Waals surface area contributed by atoms with Gasteiger partial charge in [-0.05, 0) is 0 Å². The Morgan fingerprint density at radius 2 is 1.25 bits per heavy atom. The van der Waals surface area contributed by atoms with Crippen molar-refractivity contribution in [2.24, 2.45) is 0 Å². The molecule has 0 aromatic heterocycles. The monoisotopic (exact) mass is 416 g/mol. The van der Waals surface area contributed by atoms with E-state index in [0.717, 1.165) is 0 Å². The van der Waals surface area contributed by atoms with Crippen LogP contribution in [0.2, 0.25) is 0 Å². The Morgan fingerprint density at radius 3 is 1.38 bits per heavy atom. The van der Waals surface area contributed by atoms with Crippen LogP contribution >= 0.6 is 0 Å². The fourth-order valence-electron chi connectivity index (χ4n) is 0.714. The predicted molar refractivity (Wildman–Crippen MR) is 43.8 cm³/mol. The molecule has 1 radical (unpaired) electrons. The second-order valence-corrected chi connectivity index (χ2v) is 2.48. The van der Waals surface area contributed by atoms with Gasteiger partial charge in [0.2, 0.25) is 0 Å². The summed E-state index contributed by atoms with van der Waals surface area (Å²) in [5.41, 5.74) is -2.74. The summed E-state index contributed by atoms with van der Waals surface area (Å²) in [6.07, 6.45) is -2.29. The summed E-state index contributed by atoms with van der Waals surface area (Å²) in [5, 5.41) is 40.3. The number of hydrogen-bond acceptors (Lipinski definition) is 5. The summed E-state index contributed by atoms with van der Waals surface area (Å²) in [6, 6.07) is 0. The molecule has 0 rings (SSSR count). The van der Waals surface area contributed by atoms with E-state index in [9.17, 15) is 14.4 Å². The zero-order valence-corrected chi connectivity index (χ0v) is 9.92. The minimum atomic E-state index is -2.74. The van der Waals surface area contributed by atoms with Crippen LogP contribution in [0.25, 0.3) is 0 Å². The molecule has 0 fully saturated rings. The maximum absolute atomic E-state index is 10.3. The van der Waals surface area contributed by atoms with Crippen LogP contribution in [-0.2, 0) is 36.8 Å². The van der Waals surface area contributed by atoms with Gasteiger partial charge in [-0.1, -0.05) is 0 Å². The quantitative estimate of drug-likeness (QED) is 0.411. The zero-order chi connectivity index (χ0) is 12.6. The van der Waals surface area contributed by atoms with E-state index in [2.05, 4.69) is 6.57 Å². The minimum absolute atomic E-state index is 0. The van der Waals surface area contributed by atoms with Crippen molar-refractivity contribution in [2.75, 3.05) is 0 Å². The van der Waals surface area contributed by atoms with E-state index >= 15 is 0 Å². The SMILES string of the molecule is C#N.O=C(O)CC(O)(CC(=O)O)C(=O)O.[Au]. The summed E-state index contributed by atoms with van der Waals surface area (Å²) >= 11 is 0. The summed E-state index contributed by atoms with van der Waals surface area (Å²) in [5.74, 6) is -5.02. The molecule has 0 atom stereocenters. The van der Waals surface area contributed by atoms with Gasteiger partial charge in [0.1, 0.15) is 0 Å². The van der Waals surface area contributed by atoms with Crippen LogP contribution in [0.4, 0.5) is 0 Å². The van der Waals surface area contributed by atoms with Crippen molar-refractivity contribution in [3.63, 3.8) is 0 Å². The van der Waals surface area contributed by atoms with Crippen molar-refractivity contribution in [3.05, 3.63) is 0 Å². The first-order valence-corrected chi connectivity index (χ1v) is 3.43. The molecule has 0 unspecified atom stereocenters. The second-order valence-electron chi connectivity index (χ2n) is 2.48. The molecule has 8 nitrogen and oxygen atoms in total. The molecule has 95 valence electrons. The predicted octanol–water partition coefficient (Wildman–Crippen LogP) is -1.11. The van der Waals surface area contributed by atoms with Crippen LogP contribution in [0.3, 0.4) is 0 Å². The molecule has 0 amide bonds. The van der Waals surface area contributed by atoms with E-state index in [1.807, 2.05) is 0 Å². The van der Waals surface area contributed by atoms with Gasteiger partial charge >= 0.3 is 17.9 Å². The third-order valence-electron chi connectivity index (χ3n) is 1.29. The smallest absolute Gasteiger partial charge is 0.336 e. The van der Waals surface area contributed by atoms with Gasteiger partial charge in [0.15, 0.2) is 5.60 Å². The summed E-state index contributed by atoms with van der Waals surface area (Å²) in [7, 11) is 0. The van der Waals surface area contributed by atoms with Crippen LogP contribution in [0.1, 0.15) is 12.8 Å². The van der Waals surface area contributed by atoms with Gasteiger partial charge in [-0.3, -0.25) is 9.59 Å². The molecule has 0 aliphatic carbocycles. The Hall–Kier alpha value is -1.40. The first-order chi connectivity index (χ1) is 6.78. The fraction of sp³-hybridized carbons (Fsp3) is 0.429. The third-order valence-corrected chi connectivity index (χ3v) is 1.29. The van der Waals surface area contributed by atoms with Crippen LogP contribution in [0.5, 0.6) is 0 Å². The van der Waals surface area contributed by atoms with Crippen molar-refractivity contribution >= 4 is 17.9 Å². The van der Waals surface area contributed by atoms with E-state index < -0.39 is 36.4 Å². The number of nitrogens with zero attached hydrogens (tertiary/aromatic N) is 1. The summed E-state index contributed by atoms with van der Waals surface area (Å²) < 4.78 is 0. The van der Waals surface area contributed by atoms with Crippen LogP contribution in [0, 0.1) is 11.8 Å². The first kappa shape index (κ1) is 20.1. The van der Waals surface area contributed by atoms with Crippen molar-refractivity contribution in [3.8, 4) is 6.57 Å². The van der Waals surface area contributed by atoms with Gasteiger partial charge in [0, 0.05) is 29.0 Å². The number of aliphatic hydroxyl groups is 1. The number of rotatable bonds is 5. The van der Waals surface area contributed by atoms with Crippen molar-refractivity contribution in [1.82, 2.24) is 0 Å². The van der Waals surface area contributed by atoms with Gasteiger partial charge in [-0.15, -0.1) is 0 Å². The van der Waals surface area contributed by atoms with Crippen LogP contribution in [-0.4, -0.2) is 43.9 Å². The summed E-state index contributed by atoms with van der Waals surface area (Å²) in [6.45, 7) is 3.50. The van der Waals surface area contributed by atoms with E-state index in [0.29, 0.717) is 0 Å². The molecule has 0 aliphatic rings. The molecule has 0 heterocycles. The van der Waals surface area contributed by atoms with Gasteiger partial charge in [-0.2, -0.15) is 0 Å².